The van der Waals surface area contributed by atoms with Crippen molar-refractivity contribution in [2.24, 2.45) is 0 Å². The van der Waals surface area contributed by atoms with Gasteiger partial charge in [-0.05, 0) is 44.9 Å². The standard InChI is InChI=1S/C13H19NO3/c1-5-9-6-10(8-11(15)7-9)14-12(16)17-13(2,3)4/h6-8,15H,5H2,1-4H3,(H,14,16). The molecule has 4 nitrogen and oxygen atoms in total. The zero-order chi connectivity index (χ0) is 13.1. The van der Waals surface area contributed by atoms with E-state index in [1.807, 2.05) is 13.0 Å². The lowest BCUT2D eigenvalue weighted by atomic mass is 10.1. The van der Waals surface area contributed by atoms with Gasteiger partial charge < -0.3 is 9.84 Å². The SMILES string of the molecule is CCc1cc(O)cc(NC(=O)OC(C)(C)C)c1. The Morgan fingerprint density at radius 1 is 1.35 bits per heavy atom. The minimum absolute atomic E-state index is 0.135. The number of ether oxygens (including phenoxy) is 1. The third kappa shape index (κ3) is 4.76. The van der Waals surface area contributed by atoms with E-state index in [1.165, 1.54) is 6.07 Å². The Bertz CT molecular complexity index is 408. The van der Waals surface area contributed by atoms with Gasteiger partial charge in [-0.1, -0.05) is 6.92 Å². The van der Waals surface area contributed by atoms with Gasteiger partial charge in [-0.15, -0.1) is 0 Å². The first-order valence-electron chi connectivity index (χ1n) is 5.63. The molecule has 1 aromatic carbocycles. The smallest absolute Gasteiger partial charge is 0.412 e. The molecule has 0 unspecified atom stereocenters. The average Bonchev–Trinajstić information content (AvgIpc) is 2.13. The van der Waals surface area contributed by atoms with Crippen LogP contribution in [0.25, 0.3) is 0 Å². The predicted octanol–water partition coefficient (Wildman–Crippen LogP) is 3.30. The number of carbonyl (C=O) groups excluding carboxylic acids is 1. The highest BCUT2D eigenvalue weighted by atomic mass is 16.6. The number of anilines is 1. The second-order valence-electron chi connectivity index (χ2n) is 4.87. The molecule has 4 heteroatoms. The number of nitrogens with one attached hydrogen (secondary N) is 1. The largest absolute Gasteiger partial charge is 0.508 e. The molecule has 94 valence electrons. The zero-order valence-electron chi connectivity index (χ0n) is 10.7. The highest BCUT2D eigenvalue weighted by Gasteiger charge is 2.16. The Labute approximate surface area is 102 Å². The fourth-order valence-corrected chi connectivity index (χ4v) is 1.37. The zero-order valence-corrected chi connectivity index (χ0v) is 10.7. The molecule has 0 aromatic heterocycles. The van der Waals surface area contributed by atoms with E-state index in [0.717, 1.165) is 12.0 Å². The number of hydrogen-bond acceptors (Lipinski definition) is 3. The highest BCUT2D eigenvalue weighted by molar-refractivity contribution is 5.85. The lowest BCUT2D eigenvalue weighted by Crippen LogP contribution is -2.27. The van der Waals surface area contributed by atoms with Crippen LogP contribution in [0.4, 0.5) is 10.5 Å². The molecule has 0 aliphatic carbocycles. The Morgan fingerprint density at radius 3 is 2.53 bits per heavy atom. The molecule has 1 aromatic rings. The van der Waals surface area contributed by atoms with Crippen LogP contribution >= 0.6 is 0 Å². The van der Waals surface area contributed by atoms with Crippen LogP contribution in [0.3, 0.4) is 0 Å². The summed E-state index contributed by atoms with van der Waals surface area (Å²) in [6, 6.07) is 4.97. The maximum absolute atomic E-state index is 11.5. The number of phenolic OH excluding ortho intramolecular Hbond substituents is 1. The number of phenols is 1. The Hall–Kier alpha value is -1.71. The van der Waals surface area contributed by atoms with Gasteiger partial charge >= 0.3 is 6.09 Å². The fraction of sp³-hybridized carbons (Fsp3) is 0.462. The van der Waals surface area contributed by atoms with E-state index in [9.17, 15) is 9.90 Å². The quantitative estimate of drug-likeness (QED) is 0.829. The number of aryl methyl sites for hydroxylation is 1. The maximum atomic E-state index is 11.5. The highest BCUT2D eigenvalue weighted by Crippen LogP contribution is 2.20. The van der Waals surface area contributed by atoms with Crippen molar-refractivity contribution in [1.82, 2.24) is 0 Å². The van der Waals surface area contributed by atoms with Crippen LogP contribution in [0, 0.1) is 0 Å². The molecule has 0 radical (unpaired) electrons. The Balaban J connectivity index is 2.74. The molecule has 0 atom stereocenters. The summed E-state index contributed by atoms with van der Waals surface area (Å²) in [7, 11) is 0. The van der Waals surface area contributed by atoms with Crippen LogP contribution in [0.5, 0.6) is 5.75 Å². The normalized spacial score (nSPS) is 11.1. The molecular weight excluding hydrogens is 218 g/mol. The van der Waals surface area contributed by atoms with Gasteiger partial charge in [0.2, 0.25) is 0 Å². The number of hydrogen-bond donors (Lipinski definition) is 2. The van der Waals surface area contributed by atoms with Crippen LogP contribution in [0.15, 0.2) is 18.2 Å². The van der Waals surface area contributed by atoms with Crippen molar-refractivity contribution >= 4 is 11.8 Å². The van der Waals surface area contributed by atoms with Crippen molar-refractivity contribution < 1.29 is 14.6 Å². The van der Waals surface area contributed by atoms with E-state index in [1.54, 1.807) is 26.8 Å². The van der Waals surface area contributed by atoms with Gasteiger partial charge in [-0.25, -0.2) is 4.79 Å². The number of aromatic hydroxyl groups is 1. The van der Waals surface area contributed by atoms with Gasteiger partial charge in [-0.3, -0.25) is 5.32 Å². The van der Waals surface area contributed by atoms with Gasteiger partial charge in [-0.2, -0.15) is 0 Å². The lowest BCUT2D eigenvalue weighted by molar-refractivity contribution is 0.0636. The lowest BCUT2D eigenvalue weighted by Gasteiger charge is -2.19. The molecule has 0 fully saturated rings. The minimum Gasteiger partial charge on any atom is -0.508 e. The van der Waals surface area contributed by atoms with Gasteiger partial charge in [0.1, 0.15) is 11.4 Å². The molecule has 0 aliphatic rings. The summed E-state index contributed by atoms with van der Waals surface area (Å²) in [5, 5.41) is 12.1. The van der Waals surface area contributed by atoms with E-state index >= 15 is 0 Å². The number of amides is 1. The summed E-state index contributed by atoms with van der Waals surface area (Å²) < 4.78 is 5.12. The molecule has 0 heterocycles. The van der Waals surface area contributed by atoms with Crippen LogP contribution in [0.1, 0.15) is 33.3 Å². The second-order valence-corrected chi connectivity index (χ2v) is 4.87. The molecule has 1 rings (SSSR count). The molecule has 1 amide bonds. The van der Waals surface area contributed by atoms with E-state index in [-0.39, 0.29) is 5.75 Å². The summed E-state index contributed by atoms with van der Waals surface area (Å²) >= 11 is 0. The van der Waals surface area contributed by atoms with Crippen LogP contribution in [-0.2, 0) is 11.2 Å². The van der Waals surface area contributed by atoms with Crippen molar-refractivity contribution in [3.05, 3.63) is 23.8 Å². The van der Waals surface area contributed by atoms with E-state index < -0.39 is 11.7 Å². The van der Waals surface area contributed by atoms with E-state index in [4.69, 9.17) is 4.74 Å². The van der Waals surface area contributed by atoms with Crippen molar-refractivity contribution in [2.45, 2.75) is 39.7 Å². The Morgan fingerprint density at radius 2 is 2.00 bits per heavy atom. The second kappa shape index (κ2) is 5.08. The van der Waals surface area contributed by atoms with Crippen molar-refractivity contribution in [2.75, 3.05) is 5.32 Å². The summed E-state index contributed by atoms with van der Waals surface area (Å²) in [5.74, 6) is 0.135. The van der Waals surface area contributed by atoms with Crippen molar-refractivity contribution in [1.29, 1.82) is 0 Å². The molecule has 0 saturated heterocycles. The van der Waals surface area contributed by atoms with Crippen LogP contribution < -0.4 is 5.32 Å². The summed E-state index contributed by atoms with van der Waals surface area (Å²) in [4.78, 5) is 11.5. The number of rotatable bonds is 2. The van der Waals surface area contributed by atoms with Gasteiger partial charge in [0.15, 0.2) is 0 Å². The van der Waals surface area contributed by atoms with E-state index in [0.29, 0.717) is 5.69 Å². The first kappa shape index (κ1) is 13.4. The third-order valence-electron chi connectivity index (χ3n) is 2.03. The molecule has 0 bridgehead atoms. The average molecular weight is 237 g/mol. The van der Waals surface area contributed by atoms with Crippen LogP contribution in [-0.4, -0.2) is 16.8 Å². The topological polar surface area (TPSA) is 58.6 Å². The van der Waals surface area contributed by atoms with Crippen LogP contribution in [0.2, 0.25) is 0 Å². The number of benzene rings is 1. The molecule has 0 saturated carbocycles. The number of carbonyl (C=O) groups is 1. The van der Waals surface area contributed by atoms with Gasteiger partial charge in [0.25, 0.3) is 0 Å². The minimum atomic E-state index is -0.533. The van der Waals surface area contributed by atoms with E-state index in [2.05, 4.69) is 5.32 Å². The first-order chi connectivity index (χ1) is 7.80. The van der Waals surface area contributed by atoms with Gasteiger partial charge in [0, 0.05) is 11.8 Å². The molecular formula is C13H19NO3. The summed E-state index contributed by atoms with van der Waals surface area (Å²) in [5.41, 5.74) is 0.960. The fourth-order valence-electron chi connectivity index (χ4n) is 1.37. The monoisotopic (exact) mass is 237 g/mol. The molecule has 2 N–H and O–H groups in total. The third-order valence-corrected chi connectivity index (χ3v) is 2.03. The van der Waals surface area contributed by atoms with Crippen molar-refractivity contribution in [3.8, 4) is 5.75 Å². The van der Waals surface area contributed by atoms with Crippen molar-refractivity contribution in [3.63, 3.8) is 0 Å². The molecule has 0 aliphatic heterocycles. The summed E-state index contributed by atoms with van der Waals surface area (Å²) in [6.45, 7) is 7.37. The summed E-state index contributed by atoms with van der Waals surface area (Å²) in [6.07, 6.45) is 0.266. The predicted molar refractivity (Wildman–Crippen MR) is 67.3 cm³/mol. The maximum Gasteiger partial charge on any atom is 0.412 e. The molecule has 0 spiro atoms. The van der Waals surface area contributed by atoms with Gasteiger partial charge in [0.05, 0.1) is 0 Å². The Kier molecular flexibility index (Phi) is 3.99. The first-order valence-corrected chi connectivity index (χ1v) is 5.63. The molecule has 17 heavy (non-hydrogen) atoms.